The van der Waals surface area contributed by atoms with Gasteiger partial charge in [-0.1, -0.05) is 26.0 Å². The second-order valence-electron chi connectivity index (χ2n) is 5.19. The summed E-state index contributed by atoms with van der Waals surface area (Å²) < 4.78 is 27.1. The van der Waals surface area contributed by atoms with Crippen LogP contribution < -0.4 is 10.0 Å². The van der Waals surface area contributed by atoms with E-state index in [0.29, 0.717) is 17.4 Å². The molecule has 0 saturated carbocycles. The highest BCUT2D eigenvalue weighted by Gasteiger charge is 2.22. The average Bonchev–Trinajstić information content (AvgIpc) is 2.90. The van der Waals surface area contributed by atoms with E-state index in [-0.39, 0.29) is 6.04 Å². The maximum atomic E-state index is 12.2. The standard InChI is InChI=1S/C14H22N2O2S/c1-3-11(2)12-4-6-14(7-5-12)19(17,18)16-13-8-9-15-10-13/h4-7,11,13,15-16H,3,8-10H2,1-2H3/t11?,13-/m1/s1. The van der Waals surface area contributed by atoms with Crippen LogP contribution >= 0.6 is 0 Å². The first kappa shape index (κ1) is 14.5. The molecule has 1 fully saturated rings. The van der Waals surface area contributed by atoms with E-state index < -0.39 is 10.0 Å². The highest BCUT2D eigenvalue weighted by molar-refractivity contribution is 7.89. The van der Waals surface area contributed by atoms with Gasteiger partial charge in [-0.3, -0.25) is 0 Å². The maximum Gasteiger partial charge on any atom is 0.240 e. The summed E-state index contributed by atoms with van der Waals surface area (Å²) in [5.74, 6) is 0.462. The molecule has 1 aliphatic heterocycles. The van der Waals surface area contributed by atoms with Gasteiger partial charge >= 0.3 is 0 Å². The summed E-state index contributed by atoms with van der Waals surface area (Å²) >= 11 is 0. The van der Waals surface area contributed by atoms with E-state index in [0.717, 1.165) is 19.4 Å². The van der Waals surface area contributed by atoms with Gasteiger partial charge in [0, 0.05) is 12.6 Å². The molecule has 0 aliphatic carbocycles. The van der Waals surface area contributed by atoms with Crippen LogP contribution in [0.4, 0.5) is 0 Å². The summed E-state index contributed by atoms with van der Waals surface area (Å²) in [6.07, 6.45) is 1.91. The third-order valence-electron chi connectivity index (χ3n) is 3.75. The first-order valence-electron chi connectivity index (χ1n) is 6.86. The van der Waals surface area contributed by atoms with Crippen LogP contribution in [-0.4, -0.2) is 27.5 Å². The average molecular weight is 282 g/mol. The van der Waals surface area contributed by atoms with E-state index in [1.165, 1.54) is 5.56 Å². The fourth-order valence-electron chi connectivity index (χ4n) is 2.25. The van der Waals surface area contributed by atoms with Crippen LogP contribution in [0.2, 0.25) is 0 Å². The van der Waals surface area contributed by atoms with Crippen LogP contribution in [0.3, 0.4) is 0 Å². The van der Waals surface area contributed by atoms with Crippen LogP contribution in [0.15, 0.2) is 29.2 Å². The highest BCUT2D eigenvalue weighted by Crippen LogP contribution is 2.20. The number of hydrogen-bond donors (Lipinski definition) is 2. The Morgan fingerprint density at radius 3 is 2.58 bits per heavy atom. The van der Waals surface area contributed by atoms with E-state index in [2.05, 4.69) is 23.9 Å². The van der Waals surface area contributed by atoms with E-state index in [4.69, 9.17) is 0 Å². The van der Waals surface area contributed by atoms with Crippen molar-refractivity contribution >= 4 is 10.0 Å². The third kappa shape index (κ3) is 3.55. The van der Waals surface area contributed by atoms with E-state index >= 15 is 0 Å². The second-order valence-corrected chi connectivity index (χ2v) is 6.90. The number of sulfonamides is 1. The Kier molecular flexibility index (Phi) is 4.60. The largest absolute Gasteiger partial charge is 0.315 e. The predicted molar refractivity (Wildman–Crippen MR) is 76.7 cm³/mol. The lowest BCUT2D eigenvalue weighted by atomic mass is 9.99. The van der Waals surface area contributed by atoms with E-state index in [1.54, 1.807) is 12.1 Å². The zero-order valence-corrected chi connectivity index (χ0v) is 12.3. The van der Waals surface area contributed by atoms with Gasteiger partial charge in [0.25, 0.3) is 0 Å². The molecule has 1 heterocycles. The number of hydrogen-bond acceptors (Lipinski definition) is 3. The summed E-state index contributed by atoms with van der Waals surface area (Å²) in [5.41, 5.74) is 1.18. The van der Waals surface area contributed by atoms with E-state index in [1.807, 2.05) is 12.1 Å². The first-order valence-corrected chi connectivity index (χ1v) is 8.34. The van der Waals surface area contributed by atoms with Crippen molar-refractivity contribution < 1.29 is 8.42 Å². The molecule has 1 saturated heterocycles. The smallest absolute Gasteiger partial charge is 0.240 e. The van der Waals surface area contributed by atoms with Gasteiger partial charge in [0.15, 0.2) is 0 Å². The minimum absolute atomic E-state index is 0.0132. The van der Waals surface area contributed by atoms with Gasteiger partial charge in [0.2, 0.25) is 10.0 Å². The molecule has 1 aliphatic rings. The summed E-state index contributed by atoms with van der Waals surface area (Å²) in [5, 5.41) is 3.15. The fraction of sp³-hybridized carbons (Fsp3) is 0.571. The first-order chi connectivity index (χ1) is 9.03. The van der Waals surface area contributed by atoms with Crippen molar-refractivity contribution in [3.8, 4) is 0 Å². The SMILES string of the molecule is CCC(C)c1ccc(S(=O)(=O)N[C@@H]2CCNC2)cc1. The topological polar surface area (TPSA) is 58.2 Å². The molecular weight excluding hydrogens is 260 g/mol. The predicted octanol–water partition coefficient (Wildman–Crippen LogP) is 1.84. The molecule has 0 bridgehead atoms. The van der Waals surface area contributed by atoms with Gasteiger partial charge in [-0.15, -0.1) is 0 Å². The monoisotopic (exact) mass is 282 g/mol. The Morgan fingerprint density at radius 1 is 1.37 bits per heavy atom. The Balaban J connectivity index is 2.11. The Labute approximate surface area is 115 Å². The summed E-state index contributed by atoms with van der Waals surface area (Å²) in [7, 11) is -3.38. The molecule has 19 heavy (non-hydrogen) atoms. The Bertz CT molecular complexity index is 505. The molecule has 2 atom stereocenters. The molecule has 1 aromatic rings. The number of nitrogens with one attached hydrogen (secondary N) is 2. The lowest BCUT2D eigenvalue weighted by molar-refractivity contribution is 0.560. The van der Waals surface area contributed by atoms with Crippen molar-refractivity contribution in [1.82, 2.24) is 10.0 Å². The van der Waals surface area contributed by atoms with Crippen molar-refractivity contribution in [2.45, 2.75) is 43.5 Å². The van der Waals surface area contributed by atoms with Gasteiger partial charge < -0.3 is 5.32 Å². The van der Waals surface area contributed by atoms with Gasteiger partial charge in [-0.25, -0.2) is 13.1 Å². The van der Waals surface area contributed by atoms with Gasteiger partial charge in [-0.2, -0.15) is 0 Å². The Morgan fingerprint density at radius 2 is 2.05 bits per heavy atom. The van der Waals surface area contributed by atoms with E-state index in [9.17, 15) is 8.42 Å². The molecule has 0 amide bonds. The second kappa shape index (κ2) is 6.03. The van der Waals surface area contributed by atoms with Gasteiger partial charge in [0.1, 0.15) is 0 Å². The molecule has 1 unspecified atom stereocenters. The van der Waals surface area contributed by atoms with Crippen LogP contribution in [0, 0.1) is 0 Å². The molecular formula is C14H22N2O2S. The summed E-state index contributed by atoms with van der Waals surface area (Å²) in [6, 6.07) is 7.24. The summed E-state index contributed by atoms with van der Waals surface area (Å²) in [6.45, 7) is 5.86. The molecule has 106 valence electrons. The zero-order chi connectivity index (χ0) is 13.9. The van der Waals surface area contributed by atoms with Crippen LogP contribution in [-0.2, 0) is 10.0 Å². The van der Waals surface area contributed by atoms with Crippen molar-refractivity contribution in [2.24, 2.45) is 0 Å². The minimum atomic E-state index is -3.38. The molecule has 0 radical (unpaired) electrons. The maximum absolute atomic E-state index is 12.2. The molecule has 4 nitrogen and oxygen atoms in total. The Hall–Kier alpha value is -0.910. The lowest BCUT2D eigenvalue weighted by Gasteiger charge is -2.13. The quantitative estimate of drug-likeness (QED) is 0.866. The van der Waals surface area contributed by atoms with Gasteiger partial charge in [-0.05, 0) is 43.0 Å². The fourth-order valence-corrected chi connectivity index (χ4v) is 3.52. The van der Waals surface area contributed by atoms with Crippen LogP contribution in [0.1, 0.15) is 38.2 Å². The van der Waals surface area contributed by atoms with Crippen molar-refractivity contribution in [1.29, 1.82) is 0 Å². The third-order valence-corrected chi connectivity index (χ3v) is 5.29. The molecule has 0 aromatic heterocycles. The molecule has 1 aromatic carbocycles. The van der Waals surface area contributed by atoms with Crippen molar-refractivity contribution in [2.75, 3.05) is 13.1 Å². The van der Waals surface area contributed by atoms with Crippen LogP contribution in [0.25, 0.3) is 0 Å². The zero-order valence-electron chi connectivity index (χ0n) is 11.5. The number of benzene rings is 1. The molecule has 0 spiro atoms. The van der Waals surface area contributed by atoms with Crippen molar-refractivity contribution in [3.05, 3.63) is 29.8 Å². The molecule has 2 rings (SSSR count). The van der Waals surface area contributed by atoms with Crippen LogP contribution in [0.5, 0.6) is 0 Å². The highest BCUT2D eigenvalue weighted by atomic mass is 32.2. The molecule has 5 heteroatoms. The normalized spacial score (nSPS) is 21.5. The van der Waals surface area contributed by atoms with Gasteiger partial charge in [0.05, 0.1) is 4.90 Å². The number of rotatable bonds is 5. The summed E-state index contributed by atoms with van der Waals surface area (Å²) in [4.78, 5) is 0.353. The molecule has 2 N–H and O–H groups in total. The minimum Gasteiger partial charge on any atom is -0.315 e. The lowest BCUT2D eigenvalue weighted by Crippen LogP contribution is -2.36. The van der Waals surface area contributed by atoms with Crippen molar-refractivity contribution in [3.63, 3.8) is 0 Å².